The Hall–Kier alpha value is -2.27. The van der Waals surface area contributed by atoms with Gasteiger partial charge in [-0.2, -0.15) is 5.10 Å². The van der Waals surface area contributed by atoms with E-state index >= 15 is 0 Å². The van der Waals surface area contributed by atoms with Gasteiger partial charge in [-0.25, -0.2) is 8.91 Å². The SMILES string of the molecule is C/C=C(\NC)c1c(-c2ccc(F)cc2)nn2c(SC)cccc12. The summed E-state index contributed by atoms with van der Waals surface area (Å²) >= 11 is 1.65. The quantitative estimate of drug-likeness (QED) is 0.718. The normalized spacial score (nSPS) is 11.9. The lowest BCUT2D eigenvalue weighted by molar-refractivity contribution is 0.628. The lowest BCUT2D eigenvalue weighted by atomic mass is 10.0. The van der Waals surface area contributed by atoms with Gasteiger partial charge in [0.15, 0.2) is 0 Å². The number of nitrogens with one attached hydrogen (secondary N) is 1. The molecule has 0 aliphatic carbocycles. The standard InChI is InChI=1S/C18H18FN3S/c1-4-14(20-2)17-15-6-5-7-16(23-3)22(15)21-18(17)12-8-10-13(19)11-9-12/h4-11,20H,1-3H3/b14-4-. The van der Waals surface area contributed by atoms with Crippen LogP contribution in [0.25, 0.3) is 22.5 Å². The van der Waals surface area contributed by atoms with E-state index in [2.05, 4.69) is 11.4 Å². The second kappa shape index (κ2) is 6.46. The molecule has 118 valence electrons. The molecule has 3 aromatic rings. The molecule has 2 aromatic heterocycles. The lowest BCUT2D eigenvalue weighted by Gasteiger charge is -2.08. The van der Waals surface area contributed by atoms with Gasteiger partial charge in [-0.3, -0.25) is 0 Å². The van der Waals surface area contributed by atoms with Gasteiger partial charge in [-0.1, -0.05) is 12.1 Å². The highest BCUT2D eigenvalue weighted by Gasteiger charge is 2.18. The molecule has 3 nitrogen and oxygen atoms in total. The Balaban J connectivity index is 2.35. The van der Waals surface area contributed by atoms with Crippen molar-refractivity contribution in [1.82, 2.24) is 14.9 Å². The molecular formula is C18H18FN3S. The van der Waals surface area contributed by atoms with Crippen LogP contribution in [0.1, 0.15) is 12.5 Å². The van der Waals surface area contributed by atoms with E-state index in [-0.39, 0.29) is 5.82 Å². The molecule has 5 heteroatoms. The van der Waals surface area contributed by atoms with Gasteiger partial charge in [0.05, 0.1) is 16.1 Å². The van der Waals surface area contributed by atoms with Crippen molar-refractivity contribution in [3.8, 4) is 11.3 Å². The van der Waals surface area contributed by atoms with E-state index in [0.717, 1.165) is 33.1 Å². The van der Waals surface area contributed by atoms with Gasteiger partial charge in [0, 0.05) is 18.3 Å². The van der Waals surface area contributed by atoms with E-state index in [1.165, 1.54) is 12.1 Å². The molecule has 0 radical (unpaired) electrons. The number of nitrogens with zero attached hydrogens (tertiary/aromatic N) is 2. The summed E-state index contributed by atoms with van der Waals surface area (Å²) in [5.74, 6) is -0.247. The van der Waals surface area contributed by atoms with Crippen LogP contribution >= 0.6 is 11.8 Å². The van der Waals surface area contributed by atoms with Crippen molar-refractivity contribution in [3.63, 3.8) is 0 Å². The number of hydrogen-bond acceptors (Lipinski definition) is 3. The summed E-state index contributed by atoms with van der Waals surface area (Å²) in [6, 6.07) is 12.6. The minimum Gasteiger partial charge on any atom is -0.388 e. The zero-order chi connectivity index (χ0) is 16.4. The van der Waals surface area contributed by atoms with Crippen molar-refractivity contribution in [1.29, 1.82) is 0 Å². The van der Waals surface area contributed by atoms with Crippen molar-refractivity contribution < 1.29 is 4.39 Å². The van der Waals surface area contributed by atoms with E-state index in [1.807, 2.05) is 43.0 Å². The first-order valence-electron chi connectivity index (χ1n) is 7.35. The van der Waals surface area contributed by atoms with Gasteiger partial charge in [-0.05, 0) is 49.6 Å². The highest BCUT2D eigenvalue weighted by molar-refractivity contribution is 7.98. The fourth-order valence-electron chi connectivity index (χ4n) is 2.69. The van der Waals surface area contributed by atoms with E-state index < -0.39 is 0 Å². The van der Waals surface area contributed by atoms with Gasteiger partial charge in [0.1, 0.15) is 11.5 Å². The van der Waals surface area contributed by atoms with Crippen LogP contribution in [0.3, 0.4) is 0 Å². The molecule has 0 amide bonds. The molecule has 0 spiro atoms. The van der Waals surface area contributed by atoms with Crippen LogP contribution < -0.4 is 5.32 Å². The molecule has 0 aliphatic rings. The molecule has 1 aromatic carbocycles. The number of rotatable bonds is 4. The molecule has 0 unspecified atom stereocenters. The molecule has 0 saturated carbocycles. The predicted octanol–water partition coefficient (Wildman–Crippen LogP) is 4.44. The monoisotopic (exact) mass is 327 g/mol. The summed E-state index contributed by atoms with van der Waals surface area (Å²) in [5.41, 5.74) is 4.79. The second-order valence-corrected chi connectivity index (χ2v) is 5.87. The maximum absolute atomic E-state index is 13.3. The summed E-state index contributed by atoms with van der Waals surface area (Å²) in [7, 11) is 1.89. The van der Waals surface area contributed by atoms with Crippen LogP contribution in [0.5, 0.6) is 0 Å². The minimum atomic E-state index is -0.247. The van der Waals surface area contributed by atoms with Gasteiger partial charge in [-0.15, -0.1) is 11.8 Å². The molecule has 0 fully saturated rings. The first kappa shape index (κ1) is 15.6. The van der Waals surface area contributed by atoms with Gasteiger partial charge < -0.3 is 5.32 Å². The molecule has 1 N–H and O–H groups in total. The Morgan fingerprint density at radius 3 is 2.57 bits per heavy atom. The van der Waals surface area contributed by atoms with Crippen LogP contribution in [-0.2, 0) is 0 Å². The van der Waals surface area contributed by atoms with E-state index in [4.69, 9.17) is 5.10 Å². The zero-order valence-corrected chi connectivity index (χ0v) is 14.1. The Morgan fingerprint density at radius 1 is 1.22 bits per heavy atom. The van der Waals surface area contributed by atoms with Crippen molar-refractivity contribution >= 4 is 23.0 Å². The largest absolute Gasteiger partial charge is 0.388 e. The number of benzene rings is 1. The second-order valence-electron chi connectivity index (χ2n) is 5.05. The summed E-state index contributed by atoms with van der Waals surface area (Å²) in [6.07, 6.45) is 4.05. The molecule has 3 rings (SSSR count). The predicted molar refractivity (Wildman–Crippen MR) is 95.1 cm³/mol. The molecule has 2 heterocycles. The molecule has 0 saturated heterocycles. The summed E-state index contributed by atoms with van der Waals surface area (Å²) in [5, 5.41) is 9.08. The van der Waals surface area contributed by atoms with Crippen molar-refractivity contribution in [2.24, 2.45) is 0 Å². The summed E-state index contributed by atoms with van der Waals surface area (Å²) in [6.45, 7) is 1.99. The number of fused-ring (bicyclic) bond motifs is 1. The Kier molecular flexibility index (Phi) is 4.39. The smallest absolute Gasteiger partial charge is 0.123 e. The van der Waals surface area contributed by atoms with E-state index in [1.54, 1.807) is 23.9 Å². The molecule has 0 bridgehead atoms. The van der Waals surface area contributed by atoms with Crippen LogP contribution in [0, 0.1) is 5.82 Å². The van der Waals surface area contributed by atoms with Crippen LogP contribution in [0.15, 0.2) is 53.6 Å². The third kappa shape index (κ3) is 2.72. The average Bonchev–Trinajstić information content (AvgIpc) is 2.96. The third-order valence-corrected chi connectivity index (χ3v) is 4.50. The van der Waals surface area contributed by atoms with Gasteiger partial charge in [0.2, 0.25) is 0 Å². The Bertz CT molecular complexity index is 866. The fourth-order valence-corrected chi connectivity index (χ4v) is 3.22. The Morgan fingerprint density at radius 2 is 1.96 bits per heavy atom. The number of pyridine rings is 1. The number of halogens is 1. The summed E-state index contributed by atoms with van der Waals surface area (Å²) in [4.78, 5) is 0. The number of aromatic nitrogens is 2. The van der Waals surface area contributed by atoms with Gasteiger partial charge in [0.25, 0.3) is 0 Å². The van der Waals surface area contributed by atoms with Crippen LogP contribution in [-0.4, -0.2) is 22.9 Å². The van der Waals surface area contributed by atoms with Crippen molar-refractivity contribution in [2.45, 2.75) is 11.9 Å². The minimum absolute atomic E-state index is 0.247. The van der Waals surface area contributed by atoms with Crippen molar-refractivity contribution in [2.75, 3.05) is 13.3 Å². The first-order valence-corrected chi connectivity index (χ1v) is 8.58. The zero-order valence-electron chi connectivity index (χ0n) is 13.3. The molecule has 23 heavy (non-hydrogen) atoms. The number of hydrogen-bond donors (Lipinski definition) is 1. The average molecular weight is 327 g/mol. The van der Waals surface area contributed by atoms with Crippen molar-refractivity contribution in [3.05, 3.63) is 59.9 Å². The maximum Gasteiger partial charge on any atom is 0.123 e. The van der Waals surface area contributed by atoms with Crippen LogP contribution in [0.4, 0.5) is 4.39 Å². The summed E-state index contributed by atoms with van der Waals surface area (Å²) < 4.78 is 15.2. The highest BCUT2D eigenvalue weighted by atomic mass is 32.2. The number of allylic oxidation sites excluding steroid dienone is 1. The third-order valence-electron chi connectivity index (χ3n) is 3.78. The Labute approximate surface area is 139 Å². The van der Waals surface area contributed by atoms with Crippen LogP contribution in [0.2, 0.25) is 0 Å². The maximum atomic E-state index is 13.3. The molecular weight excluding hydrogens is 309 g/mol. The highest BCUT2D eigenvalue weighted by Crippen LogP contribution is 2.32. The van der Waals surface area contributed by atoms with E-state index in [9.17, 15) is 4.39 Å². The van der Waals surface area contributed by atoms with Gasteiger partial charge >= 0.3 is 0 Å². The molecule has 0 aliphatic heterocycles. The number of thioether (sulfide) groups is 1. The first-order chi connectivity index (χ1) is 11.2. The lowest BCUT2D eigenvalue weighted by Crippen LogP contribution is -2.05. The van der Waals surface area contributed by atoms with E-state index in [0.29, 0.717) is 0 Å². The fraction of sp³-hybridized carbons (Fsp3) is 0.167. The topological polar surface area (TPSA) is 29.3 Å². The molecule has 0 atom stereocenters.